The van der Waals surface area contributed by atoms with Crippen LogP contribution >= 0.6 is 11.6 Å². The lowest BCUT2D eigenvalue weighted by atomic mass is 10.0. The number of likely N-dealkylation sites (tertiary alicyclic amines) is 1. The summed E-state index contributed by atoms with van der Waals surface area (Å²) in [6.07, 6.45) is 4.26. The van der Waals surface area contributed by atoms with Crippen molar-refractivity contribution in [1.82, 2.24) is 14.5 Å². The molecule has 2 heterocycles. The molecule has 30 heavy (non-hydrogen) atoms. The van der Waals surface area contributed by atoms with Crippen LogP contribution in [0.4, 0.5) is 0 Å². The van der Waals surface area contributed by atoms with Crippen LogP contribution in [-0.2, 0) is 14.8 Å². The van der Waals surface area contributed by atoms with Crippen LogP contribution in [-0.4, -0.2) is 61.7 Å². The first-order valence-corrected chi connectivity index (χ1v) is 12.4. The summed E-state index contributed by atoms with van der Waals surface area (Å²) in [6.45, 7) is 5.59. The average Bonchev–Trinajstić information content (AvgIpc) is 2.74. The minimum Gasteiger partial charge on any atom is -0.351 e. The summed E-state index contributed by atoms with van der Waals surface area (Å²) in [5.74, 6) is -0.393. The van der Waals surface area contributed by atoms with Gasteiger partial charge in [-0.3, -0.25) is 9.59 Å². The van der Waals surface area contributed by atoms with Crippen molar-refractivity contribution in [3.8, 4) is 0 Å². The van der Waals surface area contributed by atoms with Gasteiger partial charge < -0.3 is 10.2 Å². The predicted molar refractivity (Wildman–Crippen MR) is 116 cm³/mol. The molecule has 2 aliphatic rings. The summed E-state index contributed by atoms with van der Waals surface area (Å²) in [7, 11) is -3.74. The quantitative estimate of drug-likeness (QED) is 0.739. The molecular weight excluding hydrogens is 426 g/mol. The molecule has 2 amide bonds. The highest BCUT2D eigenvalue weighted by molar-refractivity contribution is 7.89. The van der Waals surface area contributed by atoms with Crippen molar-refractivity contribution in [2.45, 2.75) is 56.9 Å². The van der Waals surface area contributed by atoms with Crippen LogP contribution in [0.1, 0.15) is 56.3 Å². The normalized spacial score (nSPS) is 20.9. The average molecular weight is 456 g/mol. The Morgan fingerprint density at radius 2 is 1.80 bits per heavy atom. The van der Waals surface area contributed by atoms with Crippen molar-refractivity contribution < 1.29 is 18.0 Å². The van der Waals surface area contributed by atoms with Crippen molar-refractivity contribution in [2.75, 3.05) is 26.2 Å². The molecule has 0 bridgehead atoms. The fourth-order valence-corrected chi connectivity index (χ4v) is 5.93. The van der Waals surface area contributed by atoms with Gasteiger partial charge in [0.25, 0.3) is 5.91 Å². The Bertz CT molecular complexity index is 898. The molecule has 0 spiro atoms. The highest BCUT2D eigenvalue weighted by atomic mass is 35.5. The first kappa shape index (κ1) is 23.0. The predicted octanol–water partition coefficient (Wildman–Crippen LogP) is 2.89. The van der Waals surface area contributed by atoms with Crippen LogP contribution in [0.2, 0.25) is 5.02 Å². The molecule has 1 aromatic carbocycles. The second kappa shape index (κ2) is 9.66. The van der Waals surface area contributed by atoms with Gasteiger partial charge >= 0.3 is 0 Å². The van der Waals surface area contributed by atoms with Crippen LogP contribution in [0.15, 0.2) is 23.1 Å². The van der Waals surface area contributed by atoms with Crippen molar-refractivity contribution in [3.63, 3.8) is 0 Å². The lowest BCUT2D eigenvalue weighted by Gasteiger charge is -2.33. The maximum atomic E-state index is 13.1. The van der Waals surface area contributed by atoms with Crippen LogP contribution in [0.3, 0.4) is 0 Å². The molecule has 9 heteroatoms. The summed E-state index contributed by atoms with van der Waals surface area (Å²) in [5.41, 5.74) is 0.297. The lowest BCUT2D eigenvalue weighted by Crippen LogP contribution is -2.50. The van der Waals surface area contributed by atoms with E-state index in [1.54, 1.807) is 11.0 Å². The minimum absolute atomic E-state index is 0.0152. The Hall–Kier alpha value is -1.64. The number of carbonyl (C=O) groups excluding carboxylic acids is 2. The summed E-state index contributed by atoms with van der Waals surface area (Å²) >= 11 is 6.22. The highest BCUT2D eigenvalue weighted by Crippen LogP contribution is 2.28. The first-order chi connectivity index (χ1) is 14.2. The van der Waals surface area contributed by atoms with Crippen molar-refractivity contribution in [3.05, 3.63) is 28.8 Å². The molecule has 1 aromatic rings. The summed E-state index contributed by atoms with van der Waals surface area (Å²) in [4.78, 5) is 26.8. The van der Waals surface area contributed by atoms with Crippen LogP contribution in [0.5, 0.6) is 0 Å². The number of carbonyl (C=O) groups is 2. The van der Waals surface area contributed by atoms with E-state index in [1.165, 1.54) is 16.4 Å². The highest BCUT2D eigenvalue weighted by Gasteiger charge is 2.30. The molecule has 2 saturated heterocycles. The Morgan fingerprint density at radius 3 is 2.47 bits per heavy atom. The molecule has 3 rings (SSSR count). The Kier molecular flexibility index (Phi) is 7.42. The SMILES string of the molecule is CC(C)C(=O)NC1CCCN(C(=O)c2ccc(Cl)c(S(=O)(=O)N3CCCCC3)c2)C1. The molecule has 1 N–H and O–H groups in total. The number of amides is 2. The molecule has 0 saturated carbocycles. The third kappa shape index (κ3) is 5.15. The second-order valence-corrected chi connectivity index (χ2v) is 10.7. The number of nitrogens with one attached hydrogen (secondary N) is 1. The van der Waals surface area contributed by atoms with Crippen molar-refractivity contribution in [2.24, 2.45) is 5.92 Å². The fourth-order valence-electron chi connectivity index (χ4n) is 3.91. The largest absolute Gasteiger partial charge is 0.351 e. The summed E-state index contributed by atoms with van der Waals surface area (Å²) < 4.78 is 27.6. The maximum absolute atomic E-state index is 13.1. The van der Waals surface area contributed by atoms with Gasteiger partial charge in [-0.05, 0) is 43.9 Å². The summed E-state index contributed by atoms with van der Waals surface area (Å²) in [6, 6.07) is 4.34. The third-order valence-electron chi connectivity index (χ3n) is 5.69. The van der Waals surface area contributed by atoms with E-state index >= 15 is 0 Å². The van der Waals surface area contributed by atoms with E-state index in [0.717, 1.165) is 32.1 Å². The zero-order chi connectivity index (χ0) is 21.9. The molecule has 2 aliphatic heterocycles. The Morgan fingerprint density at radius 1 is 1.10 bits per heavy atom. The van der Waals surface area contributed by atoms with Gasteiger partial charge in [-0.25, -0.2) is 8.42 Å². The van der Waals surface area contributed by atoms with Gasteiger partial charge in [0.1, 0.15) is 4.90 Å². The van der Waals surface area contributed by atoms with E-state index in [0.29, 0.717) is 31.7 Å². The van der Waals surface area contributed by atoms with E-state index in [9.17, 15) is 18.0 Å². The van der Waals surface area contributed by atoms with E-state index in [2.05, 4.69) is 5.32 Å². The second-order valence-electron chi connectivity index (χ2n) is 8.36. The van der Waals surface area contributed by atoms with Gasteiger partial charge in [0.2, 0.25) is 15.9 Å². The maximum Gasteiger partial charge on any atom is 0.253 e. The van der Waals surface area contributed by atoms with Gasteiger partial charge in [0.15, 0.2) is 0 Å². The number of sulfonamides is 1. The molecule has 0 radical (unpaired) electrons. The van der Waals surface area contributed by atoms with Crippen molar-refractivity contribution in [1.29, 1.82) is 0 Å². The minimum atomic E-state index is -3.74. The Balaban J connectivity index is 1.78. The van der Waals surface area contributed by atoms with Gasteiger partial charge in [-0.15, -0.1) is 0 Å². The molecular formula is C21H30ClN3O4S. The first-order valence-electron chi connectivity index (χ1n) is 10.6. The molecule has 7 nitrogen and oxygen atoms in total. The van der Waals surface area contributed by atoms with Crippen LogP contribution in [0.25, 0.3) is 0 Å². The van der Waals surface area contributed by atoms with Gasteiger partial charge in [-0.2, -0.15) is 4.31 Å². The third-order valence-corrected chi connectivity index (χ3v) is 8.07. The van der Waals surface area contributed by atoms with E-state index in [4.69, 9.17) is 11.6 Å². The Labute approximate surface area is 183 Å². The number of piperidine rings is 2. The zero-order valence-electron chi connectivity index (χ0n) is 17.6. The van der Waals surface area contributed by atoms with E-state index in [1.807, 2.05) is 13.8 Å². The van der Waals surface area contributed by atoms with E-state index < -0.39 is 10.0 Å². The molecule has 166 valence electrons. The molecule has 1 unspecified atom stereocenters. The zero-order valence-corrected chi connectivity index (χ0v) is 19.1. The standard InChI is InChI=1S/C21H30ClN3O4S/c1-15(2)20(26)23-17-7-6-10-24(14-17)21(27)16-8-9-18(22)19(13-16)30(28,29)25-11-4-3-5-12-25/h8-9,13,15,17H,3-7,10-12,14H2,1-2H3,(H,23,26). The van der Waals surface area contributed by atoms with Gasteiger partial charge in [0.05, 0.1) is 5.02 Å². The smallest absolute Gasteiger partial charge is 0.253 e. The van der Waals surface area contributed by atoms with Crippen LogP contribution < -0.4 is 5.32 Å². The number of benzene rings is 1. The number of halogens is 1. The summed E-state index contributed by atoms with van der Waals surface area (Å²) in [5, 5.41) is 3.11. The fraction of sp³-hybridized carbons (Fsp3) is 0.619. The van der Waals surface area contributed by atoms with Crippen LogP contribution in [0, 0.1) is 5.92 Å². The number of hydrogen-bond donors (Lipinski definition) is 1. The van der Waals surface area contributed by atoms with E-state index in [-0.39, 0.29) is 33.7 Å². The molecule has 2 fully saturated rings. The monoisotopic (exact) mass is 455 g/mol. The van der Waals surface area contributed by atoms with Crippen molar-refractivity contribution >= 4 is 33.4 Å². The molecule has 0 aromatic heterocycles. The number of hydrogen-bond acceptors (Lipinski definition) is 4. The molecule has 1 atom stereocenters. The van der Waals surface area contributed by atoms with Gasteiger partial charge in [-0.1, -0.05) is 31.9 Å². The number of nitrogens with zero attached hydrogens (tertiary/aromatic N) is 2. The molecule has 0 aliphatic carbocycles. The number of rotatable bonds is 5. The topological polar surface area (TPSA) is 86.8 Å². The lowest BCUT2D eigenvalue weighted by molar-refractivity contribution is -0.125. The van der Waals surface area contributed by atoms with Gasteiger partial charge in [0, 0.05) is 43.7 Å².